The number of hydrogen-bond acceptors (Lipinski definition) is 2. The summed E-state index contributed by atoms with van der Waals surface area (Å²) in [6.45, 7) is 2.15. The molecule has 0 aliphatic heterocycles. The number of rotatable bonds is 2. The quantitative estimate of drug-likeness (QED) is 0.625. The van der Waals surface area contributed by atoms with Gasteiger partial charge in [0.25, 0.3) is 0 Å². The lowest BCUT2D eigenvalue weighted by Gasteiger charge is -2.21. The van der Waals surface area contributed by atoms with Crippen molar-refractivity contribution in [2.24, 2.45) is 0 Å². The molecule has 0 atom stereocenters. The molecule has 0 bridgehead atoms. The average Bonchev–Trinajstić information content (AvgIpc) is 2.18. The van der Waals surface area contributed by atoms with Crippen molar-refractivity contribution in [3.8, 4) is 0 Å². The van der Waals surface area contributed by atoms with E-state index in [1.54, 1.807) is 7.11 Å². The van der Waals surface area contributed by atoms with E-state index in [1.807, 2.05) is 6.26 Å². The van der Waals surface area contributed by atoms with E-state index in [9.17, 15) is 0 Å². The van der Waals surface area contributed by atoms with Gasteiger partial charge in [-0.1, -0.05) is 12.2 Å². The fraction of sp³-hybridized carbons (Fsp3) is 0.500. The van der Waals surface area contributed by atoms with Crippen LogP contribution in [0, 0.1) is 0 Å². The predicted molar refractivity (Wildman–Crippen MR) is 59.9 cm³/mol. The van der Waals surface area contributed by atoms with Crippen molar-refractivity contribution in [2.45, 2.75) is 19.8 Å². The van der Waals surface area contributed by atoms with E-state index in [2.05, 4.69) is 38.1 Å². The largest absolute Gasteiger partial charge is 0.504 e. The molecule has 0 saturated heterocycles. The van der Waals surface area contributed by atoms with Gasteiger partial charge < -0.3 is 9.64 Å². The van der Waals surface area contributed by atoms with Crippen molar-refractivity contribution in [2.75, 3.05) is 21.2 Å². The molecule has 14 heavy (non-hydrogen) atoms. The highest BCUT2D eigenvalue weighted by Crippen LogP contribution is 2.26. The molecule has 0 spiro atoms. The van der Waals surface area contributed by atoms with Gasteiger partial charge in [-0.15, -0.1) is 0 Å². The van der Waals surface area contributed by atoms with Crippen LogP contribution in [-0.4, -0.2) is 26.1 Å². The van der Waals surface area contributed by atoms with Crippen molar-refractivity contribution in [1.82, 2.24) is 4.90 Å². The Morgan fingerprint density at radius 2 is 2.21 bits per heavy atom. The molecule has 1 rings (SSSR count). The zero-order chi connectivity index (χ0) is 10.6. The third-order valence-electron chi connectivity index (χ3n) is 2.56. The van der Waals surface area contributed by atoms with Gasteiger partial charge in [0.05, 0.1) is 13.4 Å². The van der Waals surface area contributed by atoms with E-state index < -0.39 is 0 Å². The molecule has 2 heteroatoms. The Hall–Kier alpha value is -1.18. The second-order valence-corrected chi connectivity index (χ2v) is 3.71. The Morgan fingerprint density at radius 3 is 2.79 bits per heavy atom. The summed E-state index contributed by atoms with van der Waals surface area (Å²) >= 11 is 0. The molecule has 0 aromatic heterocycles. The van der Waals surface area contributed by atoms with Gasteiger partial charge in [0.15, 0.2) is 0 Å². The second kappa shape index (κ2) is 4.89. The zero-order valence-corrected chi connectivity index (χ0v) is 9.50. The minimum absolute atomic E-state index is 1.11. The first-order valence-electron chi connectivity index (χ1n) is 4.93. The average molecular weight is 193 g/mol. The molecule has 0 N–H and O–H groups in total. The maximum atomic E-state index is 5.08. The van der Waals surface area contributed by atoms with Gasteiger partial charge in [0, 0.05) is 25.4 Å². The van der Waals surface area contributed by atoms with Crippen LogP contribution < -0.4 is 0 Å². The van der Waals surface area contributed by atoms with Gasteiger partial charge in [-0.2, -0.15) is 0 Å². The van der Waals surface area contributed by atoms with Gasteiger partial charge >= 0.3 is 0 Å². The molecule has 1 aliphatic rings. The topological polar surface area (TPSA) is 12.5 Å². The normalized spacial score (nSPS) is 22.4. The smallest absolute Gasteiger partial charge is 0.0900 e. The van der Waals surface area contributed by atoms with Crippen LogP contribution in [0.5, 0.6) is 0 Å². The van der Waals surface area contributed by atoms with Crippen LogP contribution >= 0.6 is 0 Å². The van der Waals surface area contributed by atoms with E-state index in [0.717, 1.165) is 12.8 Å². The van der Waals surface area contributed by atoms with Gasteiger partial charge in [-0.3, -0.25) is 0 Å². The number of methoxy groups -OCH3 is 1. The summed E-state index contributed by atoms with van der Waals surface area (Å²) in [4.78, 5) is 2.15. The predicted octanol–water partition coefficient (Wildman–Crippen LogP) is 2.70. The van der Waals surface area contributed by atoms with Crippen molar-refractivity contribution in [3.63, 3.8) is 0 Å². The van der Waals surface area contributed by atoms with Crippen LogP contribution in [0.2, 0.25) is 0 Å². The fourth-order valence-electron chi connectivity index (χ4n) is 1.58. The van der Waals surface area contributed by atoms with Crippen LogP contribution in [0.25, 0.3) is 0 Å². The molecular formula is C12H19NO. The standard InChI is InChI=1S/C12H19NO/c1-10(13(2)3)12-8-6-5-7-11(12)9-14-4/h5,7,9H,6,8H2,1-4H3/b11-9+,12-10?. The highest BCUT2D eigenvalue weighted by molar-refractivity contribution is 5.43. The van der Waals surface area contributed by atoms with Crippen molar-refractivity contribution in [3.05, 3.63) is 35.3 Å². The maximum Gasteiger partial charge on any atom is 0.0900 e. The van der Waals surface area contributed by atoms with Crippen LogP contribution in [0.15, 0.2) is 35.3 Å². The summed E-state index contributed by atoms with van der Waals surface area (Å²) in [5.74, 6) is 0. The van der Waals surface area contributed by atoms with E-state index in [4.69, 9.17) is 4.74 Å². The number of ether oxygens (including phenoxy) is 1. The van der Waals surface area contributed by atoms with Crippen LogP contribution in [0.1, 0.15) is 19.8 Å². The van der Waals surface area contributed by atoms with E-state index in [0.29, 0.717) is 0 Å². The Kier molecular flexibility index (Phi) is 3.81. The Bertz CT molecular complexity index is 285. The molecule has 0 radical (unpaired) electrons. The molecule has 0 fully saturated rings. The molecule has 1 aliphatic carbocycles. The van der Waals surface area contributed by atoms with Crippen molar-refractivity contribution >= 4 is 0 Å². The third kappa shape index (κ3) is 2.41. The Labute approximate surface area is 86.6 Å². The molecular weight excluding hydrogens is 174 g/mol. The Balaban J connectivity index is 3.02. The molecule has 0 saturated carbocycles. The monoisotopic (exact) mass is 193 g/mol. The van der Waals surface area contributed by atoms with E-state index >= 15 is 0 Å². The molecule has 0 amide bonds. The lowest BCUT2D eigenvalue weighted by Crippen LogP contribution is -2.12. The van der Waals surface area contributed by atoms with Crippen LogP contribution in [0.4, 0.5) is 0 Å². The lowest BCUT2D eigenvalue weighted by atomic mass is 9.94. The Morgan fingerprint density at radius 1 is 1.50 bits per heavy atom. The van der Waals surface area contributed by atoms with Crippen molar-refractivity contribution in [1.29, 1.82) is 0 Å². The summed E-state index contributed by atoms with van der Waals surface area (Å²) in [6, 6.07) is 0. The van der Waals surface area contributed by atoms with Gasteiger partial charge in [0.2, 0.25) is 0 Å². The number of nitrogens with zero attached hydrogens (tertiary/aromatic N) is 1. The first kappa shape index (κ1) is 10.9. The number of allylic oxidation sites excluding steroid dienone is 5. The molecule has 2 nitrogen and oxygen atoms in total. The molecule has 0 heterocycles. The molecule has 0 aromatic carbocycles. The summed E-state index contributed by atoms with van der Waals surface area (Å²) in [6.07, 6.45) is 8.38. The first-order chi connectivity index (χ1) is 6.66. The highest BCUT2D eigenvalue weighted by atomic mass is 16.5. The summed E-state index contributed by atoms with van der Waals surface area (Å²) in [5.41, 5.74) is 3.90. The van der Waals surface area contributed by atoms with E-state index in [-0.39, 0.29) is 0 Å². The van der Waals surface area contributed by atoms with Gasteiger partial charge in [0.1, 0.15) is 0 Å². The molecule has 0 aromatic rings. The molecule has 78 valence electrons. The maximum absolute atomic E-state index is 5.08. The van der Waals surface area contributed by atoms with Crippen LogP contribution in [-0.2, 0) is 4.74 Å². The third-order valence-corrected chi connectivity index (χ3v) is 2.56. The minimum Gasteiger partial charge on any atom is -0.504 e. The second-order valence-electron chi connectivity index (χ2n) is 3.71. The summed E-state index contributed by atoms with van der Waals surface area (Å²) in [5, 5.41) is 0. The first-order valence-corrected chi connectivity index (χ1v) is 4.93. The van der Waals surface area contributed by atoms with Crippen LogP contribution in [0.3, 0.4) is 0 Å². The van der Waals surface area contributed by atoms with E-state index in [1.165, 1.54) is 16.8 Å². The van der Waals surface area contributed by atoms with Crippen molar-refractivity contribution < 1.29 is 4.74 Å². The van der Waals surface area contributed by atoms with Gasteiger partial charge in [-0.05, 0) is 25.3 Å². The molecule has 0 unspecified atom stereocenters. The lowest BCUT2D eigenvalue weighted by molar-refractivity contribution is 0.335. The SMILES string of the molecule is CO/C=C1\C=CCCC1=C(C)N(C)C. The van der Waals surface area contributed by atoms with Gasteiger partial charge in [-0.25, -0.2) is 0 Å². The zero-order valence-electron chi connectivity index (χ0n) is 9.50. The highest BCUT2D eigenvalue weighted by Gasteiger charge is 2.11. The summed E-state index contributed by atoms with van der Waals surface area (Å²) in [7, 11) is 5.84. The minimum atomic E-state index is 1.11. The fourth-order valence-corrected chi connectivity index (χ4v) is 1.58. The number of hydrogen-bond donors (Lipinski definition) is 0. The summed E-state index contributed by atoms with van der Waals surface area (Å²) < 4.78 is 5.08.